The van der Waals surface area contributed by atoms with E-state index in [9.17, 15) is 25.2 Å². The van der Waals surface area contributed by atoms with Crippen molar-refractivity contribution in [3.8, 4) is 0 Å². The van der Waals surface area contributed by atoms with Crippen molar-refractivity contribution in [3.63, 3.8) is 0 Å². The summed E-state index contributed by atoms with van der Waals surface area (Å²) >= 11 is 0. The molecule has 1 heterocycles. The fraction of sp³-hybridized carbons (Fsp3) is 0.689. The summed E-state index contributed by atoms with van der Waals surface area (Å²) in [6.45, 7) is 4.32. The monoisotopic (exact) mass is 979 g/mol. The number of unbranched alkanes of at least 4 members (excludes halogenated alkanes) is 18. The van der Waals surface area contributed by atoms with Gasteiger partial charge in [-0.25, -0.2) is 0 Å². The van der Waals surface area contributed by atoms with Gasteiger partial charge in [0.05, 0.1) is 19.8 Å². The van der Waals surface area contributed by atoms with Gasteiger partial charge in [-0.05, 0) is 103 Å². The Morgan fingerprint density at radius 2 is 0.871 bits per heavy atom. The molecule has 0 aromatic rings. The maximum Gasteiger partial charge on any atom is 0.306 e. The Bertz CT molecular complexity index is 1440. The Morgan fingerprint density at radius 1 is 0.471 bits per heavy atom. The fourth-order valence-corrected chi connectivity index (χ4v) is 7.85. The predicted molar refractivity (Wildman–Crippen MR) is 293 cm³/mol. The molecule has 1 fully saturated rings. The standard InChI is InChI=1S/C61H102O9/c1-3-5-7-9-11-13-15-17-19-21-23-25-27-29-31-33-35-37-39-41-43-45-47-49-51-67-53-55(54-68-61-60(66)59(65)58(64)56(52-62)70-61)69-57(63)50-48-46-44-42-40-38-36-34-32-30-28-26-24-22-20-18-16-14-12-10-8-6-4-2/h5,7,11,13,16-19,22-25,29,31,35,37,41,43,55-56,58-62,64-66H,3-4,6,8-10,12,14-15,20-21,26-28,30,32-34,36,38-40,42,44-54H2,1-2H3/b7-5-,13-11-,18-16-,19-17-,24-22-,25-23-,31-29-,37-35-,43-41-. The minimum Gasteiger partial charge on any atom is -0.457 e. The normalized spacial score (nSPS) is 19.8. The van der Waals surface area contributed by atoms with Gasteiger partial charge in [0.15, 0.2) is 6.29 Å². The predicted octanol–water partition coefficient (Wildman–Crippen LogP) is 14.5. The average molecular weight is 979 g/mol. The van der Waals surface area contributed by atoms with E-state index in [1.165, 1.54) is 96.3 Å². The molecule has 1 aliphatic heterocycles. The Hall–Kier alpha value is -3.15. The van der Waals surface area contributed by atoms with Crippen molar-refractivity contribution in [3.05, 3.63) is 109 Å². The van der Waals surface area contributed by atoms with Crippen LogP contribution in [0.5, 0.6) is 0 Å². The van der Waals surface area contributed by atoms with Crippen molar-refractivity contribution in [2.75, 3.05) is 26.4 Å². The smallest absolute Gasteiger partial charge is 0.306 e. The number of esters is 1. The van der Waals surface area contributed by atoms with Gasteiger partial charge in [0.1, 0.15) is 30.5 Å². The van der Waals surface area contributed by atoms with E-state index in [2.05, 4.69) is 123 Å². The summed E-state index contributed by atoms with van der Waals surface area (Å²) in [7, 11) is 0. The molecule has 1 aliphatic rings. The second-order valence-corrected chi connectivity index (χ2v) is 18.6. The largest absolute Gasteiger partial charge is 0.457 e. The molecule has 6 unspecified atom stereocenters. The van der Waals surface area contributed by atoms with Gasteiger partial charge in [0.25, 0.3) is 0 Å². The first-order valence-electron chi connectivity index (χ1n) is 28.0. The molecule has 4 N–H and O–H groups in total. The maximum atomic E-state index is 12.9. The molecule has 0 saturated carbocycles. The molecule has 9 nitrogen and oxygen atoms in total. The zero-order valence-corrected chi connectivity index (χ0v) is 44.2. The summed E-state index contributed by atoms with van der Waals surface area (Å²) in [5.41, 5.74) is 0. The molecule has 400 valence electrons. The molecule has 0 aromatic carbocycles. The van der Waals surface area contributed by atoms with Crippen molar-refractivity contribution in [2.24, 2.45) is 0 Å². The number of aliphatic hydroxyl groups is 4. The minimum absolute atomic E-state index is 0.107. The average Bonchev–Trinajstić information content (AvgIpc) is 3.36. The molecule has 1 rings (SSSR count). The second-order valence-electron chi connectivity index (χ2n) is 18.6. The van der Waals surface area contributed by atoms with Crippen LogP contribution in [0.1, 0.15) is 206 Å². The van der Waals surface area contributed by atoms with Gasteiger partial charge in [0, 0.05) is 13.0 Å². The Labute approximate surface area is 427 Å². The topological polar surface area (TPSA) is 135 Å². The number of rotatable bonds is 47. The number of carbonyl (C=O) groups is 1. The Balaban J connectivity index is 2.23. The molecule has 0 amide bonds. The molecule has 0 radical (unpaired) electrons. The Morgan fingerprint density at radius 3 is 1.31 bits per heavy atom. The van der Waals surface area contributed by atoms with Crippen molar-refractivity contribution in [1.82, 2.24) is 0 Å². The van der Waals surface area contributed by atoms with Crippen molar-refractivity contribution in [1.29, 1.82) is 0 Å². The molecule has 0 aliphatic carbocycles. The molecule has 1 saturated heterocycles. The van der Waals surface area contributed by atoms with Crippen LogP contribution in [0, 0.1) is 0 Å². The lowest BCUT2D eigenvalue weighted by Crippen LogP contribution is -2.59. The first kappa shape index (κ1) is 64.9. The lowest BCUT2D eigenvalue weighted by atomic mass is 9.99. The SMILES string of the molecule is CC/C=C\C/C=C\C/C=C\C/C=C\C/C=C\C/C=C\C/C=C\CCCCOCC(COC1OC(CO)C(O)C(O)C1O)OC(=O)CCCCCCCCCCCCC/C=C\C/C=C\CCCCCCC. The molecule has 0 aromatic heterocycles. The fourth-order valence-electron chi connectivity index (χ4n) is 7.85. The quantitative estimate of drug-likeness (QED) is 0.0267. The summed E-state index contributed by atoms with van der Waals surface area (Å²) < 4.78 is 22.9. The van der Waals surface area contributed by atoms with Crippen molar-refractivity contribution < 1.29 is 44.2 Å². The van der Waals surface area contributed by atoms with Gasteiger partial charge in [-0.1, -0.05) is 207 Å². The highest BCUT2D eigenvalue weighted by molar-refractivity contribution is 5.69. The van der Waals surface area contributed by atoms with Crippen LogP contribution < -0.4 is 0 Å². The minimum atomic E-state index is -1.55. The van der Waals surface area contributed by atoms with Gasteiger partial charge in [0.2, 0.25) is 0 Å². The highest BCUT2D eigenvalue weighted by Crippen LogP contribution is 2.23. The molecular weight excluding hydrogens is 877 g/mol. The van der Waals surface area contributed by atoms with Crippen LogP contribution in [0.25, 0.3) is 0 Å². The van der Waals surface area contributed by atoms with Gasteiger partial charge >= 0.3 is 5.97 Å². The van der Waals surface area contributed by atoms with E-state index in [1.54, 1.807) is 0 Å². The van der Waals surface area contributed by atoms with E-state index in [0.29, 0.717) is 13.0 Å². The molecule has 6 atom stereocenters. The van der Waals surface area contributed by atoms with Crippen molar-refractivity contribution >= 4 is 5.97 Å². The zero-order chi connectivity index (χ0) is 50.6. The molecule has 0 spiro atoms. The number of aliphatic hydroxyl groups excluding tert-OH is 4. The van der Waals surface area contributed by atoms with Crippen LogP contribution >= 0.6 is 0 Å². The van der Waals surface area contributed by atoms with E-state index >= 15 is 0 Å². The van der Waals surface area contributed by atoms with E-state index < -0.39 is 43.4 Å². The van der Waals surface area contributed by atoms with Crippen LogP contribution in [0.2, 0.25) is 0 Å². The van der Waals surface area contributed by atoms with Gasteiger partial charge in [-0.15, -0.1) is 0 Å². The molecule has 0 bridgehead atoms. The van der Waals surface area contributed by atoms with Crippen LogP contribution in [0.15, 0.2) is 109 Å². The third kappa shape index (κ3) is 40.4. The van der Waals surface area contributed by atoms with Crippen molar-refractivity contribution in [2.45, 2.75) is 243 Å². The third-order valence-electron chi connectivity index (χ3n) is 12.2. The number of carbonyl (C=O) groups excluding carboxylic acids is 1. The van der Waals surface area contributed by atoms with Gasteiger partial charge in [-0.2, -0.15) is 0 Å². The summed E-state index contributed by atoms with van der Waals surface area (Å²) in [6.07, 6.45) is 65.6. The van der Waals surface area contributed by atoms with Gasteiger partial charge in [-0.3, -0.25) is 4.79 Å². The third-order valence-corrected chi connectivity index (χ3v) is 12.2. The van der Waals surface area contributed by atoms with E-state index in [-0.39, 0.29) is 19.2 Å². The van der Waals surface area contributed by atoms with Gasteiger partial charge < -0.3 is 39.4 Å². The van der Waals surface area contributed by atoms with Crippen LogP contribution in [-0.2, 0) is 23.7 Å². The van der Waals surface area contributed by atoms with E-state index in [1.807, 2.05) is 0 Å². The first-order chi connectivity index (χ1) is 34.4. The maximum absolute atomic E-state index is 12.9. The summed E-state index contributed by atoms with van der Waals surface area (Å²) in [5, 5.41) is 40.3. The van der Waals surface area contributed by atoms with E-state index in [4.69, 9.17) is 18.9 Å². The number of hydrogen-bond acceptors (Lipinski definition) is 9. The lowest BCUT2D eigenvalue weighted by molar-refractivity contribution is -0.305. The zero-order valence-electron chi connectivity index (χ0n) is 44.2. The summed E-state index contributed by atoms with van der Waals surface area (Å²) in [4.78, 5) is 12.9. The summed E-state index contributed by atoms with van der Waals surface area (Å²) in [5.74, 6) is -0.334. The number of ether oxygens (including phenoxy) is 4. The van der Waals surface area contributed by atoms with Crippen LogP contribution in [0.3, 0.4) is 0 Å². The lowest BCUT2D eigenvalue weighted by Gasteiger charge is -2.39. The van der Waals surface area contributed by atoms with Crippen LogP contribution in [-0.4, -0.2) is 89.6 Å². The number of allylic oxidation sites excluding steroid dienone is 18. The molecular formula is C61H102O9. The highest BCUT2D eigenvalue weighted by atomic mass is 16.7. The van der Waals surface area contributed by atoms with E-state index in [0.717, 1.165) is 89.9 Å². The highest BCUT2D eigenvalue weighted by Gasteiger charge is 2.44. The number of hydrogen-bond donors (Lipinski definition) is 4. The molecule has 70 heavy (non-hydrogen) atoms. The second kappa shape index (κ2) is 50.8. The summed E-state index contributed by atoms with van der Waals surface area (Å²) in [6, 6.07) is 0. The van der Waals surface area contributed by atoms with Crippen LogP contribution in [0.4, 0.5) is 0 Å². The Kier molecular flexibility index (Phi) is 47.1. The molecule has 9 heteroatoms. The first-order valence-corrected chi connectivity index (χ1v) is 28.0.